The van der Waals surface area contributed by atoms with Crippen molar-refractivity contribution < 1.29 is 28.6 Å². The Balaban J connectivity index is 0.000000124. The fraction of sp³-hybridized carbons (Fsp3) is 0.222. The van der Waals surface area contributed by atoms with E-state index in [9.17, 15) is 14.4 Å². The van der Waals surface area contributed by atoms with Gasteiger partial charge in [0.1, 0.15) is 23.9 Å². The van der Waals surface area contributed by atoms with Crippen molar-refractivity contribution in [3.63, 3.8) is 0 Å². The van der Waals surface area contributed by atoms with Gasteiger partial charge in [0.25, 0.3) is 5.91 Å². The molecular formula is C27H26N2O6. The molecule has 3 aromatic rings. The number of ether oxygens (including phenoxy) is 3. The first-order valence-electron chi connectivity index (χ1n) is 11.4. The molecule has 8 nitrogen and oxygen atoms in total. The van der Waals surface area contributed by atoms with Crippen LogP contribution in [0.25, 0.3) is 0 Å². The molecule has 0 saturated carbocycles. The summed E-state index contributed by atoms with van der Waals surface area (Å²) < 4.78 is 15.9. The fourth-order valence-corrected chi connectivity index (χ4v) is 3.57. The van der Waals surface area contributed by atoms with Crippen LogP contribution < -0.4 is 24.8 Å². The highest BCUT2D eigenvalue weighted by molar-refractivity contribution is 5.99. The molecule has 0 unspecified atom stereocenters. The van der Waals surface area contributed by atoms with E-state index in [2.05, 4.69) is 10.6 Å². The number of hydrogen-bond acceptors (Lipinski definition) is 6. The number of nitrogens with one attached hydrogen (secondary N) is 2. The Labute approximate surface area is 203 Å². The van der Waals surface area contributed by atoms with Crippen LogP contribution in [0.2, 0.25) is 0 Å². The van der Waals surface area contributed by atoms with E-state index in [4.69, 9.17) is 14.2 Å². The van der Waals surface area contributed by atoms with Crippen LogP contribution in [-0.2, 0) is 4.79 Å². The van der Waals surface area contributed by atoms with Gasteiger partial charge in [0.2, 0.25) is 5.91 Å². The molecule has 180 valence electrons. The molecule has 3 aromatic carbocycles. The van der Waals surface area contributed by atoms with Crippen molar-refractivity contribution >= 4 is 23.3 Å². The standard InChI is InChI=1S/2C9H9NO2.C9H8O2/c11-9-7-3-1-2-4-8(7)12-6-5-10-9;11-9-5-6-12-8-4-2-1-3-7(8)10-9;10-8-5-6-11-9-4-2-1-3-7(8)9/h2*1-4H,5-6H2,(H,10,11);1-4H,5-6H2. The summed E-state index contributed by atoms with van der Waals surface area (Å²) in [5.41, 5.74) is 2.11. The Morgan fingerprint density at radius 2 is 1.17 bits per heavy atom. The normalized spacial score (nSPS) is 15.5. The summed E-state index contributed by atoms with van der Waals surface area (Å²) in [5.74, 6) is 2.30. The predicted octanol–water partition coefficient (Wildman–Crippen LogP) is 3.87. The summed E-state index contributed by atoms with van der Waals surface area (Å²) in [6.45, 7) is 2.11. The van der Waals surface area contributed by atoms with Gasteiger partial charge in [-0.3, -0.25) is 14.4 Å². The zero-order valence-corrected chi connectivity index (χ0v) is 19.1. The van der Waals surface area contributed by atoms with Gasteiger partial charge < -0.3 is 24.8 Å². The summed E-state index contributed by atoms with van der Waals surface area (Å²) >= 11 is 0. The quantitative estimate of drug-likeness (QED) is 0.513. The molecule has 0 fully saturated rings. The van der Waals surface area contributed by atoms with Gasteiger partial charge in [-0.15, -0.1) is 0 Å². The SMILES string of the molecule is O=C1CCOc2ccccc21.O=C1CCOc2ccccc2N1.O=C1NCCOc2ccccc21. The van der Waals surface area contributed by atoms with Gasteiger partial charge in [0, 0.05) is 6.42 Å². The number of benzene rings is 3. The maximum absolute atomic E-state index is 11.3. The maximum atomic E-state index is 11.3. The molecule has 35 heavy (non-hydrogen) atoms. The lowest BCUT2D eigenvalue weighted by atomic mass is 10.1. The van der Waals surface area contributed by atoms with E-state index in [-0.39, 0.29) is 17.6 Å². The zero-order valence-electron chi connectivity index (χ0n) is 19.1. The van der Waals surface area contributed by atoms with E-state index in [0.29, 0.717) is 50.5 Å². The van der Waals surface area contributed by atoms with Crippen molar-refractivity contribution in [3.8, 4) is 17.2 Å². The third kappa shape index (κ3) is 6.38. The number of rotatable bonds is 0. The molecule has 2 amide bonds. The van der Waals surface area contributed by atoms with Gasteiger partial charge in [0.15, 0.2) is 5.78 Å². The molecule has 6 rings (SSSR count). The van der Waals surface area contributed by atoms with Crippen molar-refractivity contribution in [1.82, 2.24) is 5.32 Å². The fourth-order valence-electron chi connectivity index (χ4n) is 3.57. The maximum Gasteiger partial charge on any atom is 0.255 e. The predicted molar refractivity (Wildman–Crippen MR) is 130 cm³/mol. The summed E-state index contributed by atoms with van der Waals surface area (Å²) in [7, 11) is 0. The molecule has 0 spiro atoms. The molecule has 8 heteroatoms. The van der Waals surface area contributed by atoms with E-state index in [1.54, 1.807) is 18.2 Å². The Morgan fingerprint density at radius 1 is 0.600 bits per heavy atom. The topological polar surface area (TPSA) is 103 Å². The third-order valence-electron chi connectivity index (χ3n) is 5.30. The monoisotopic (exact) mass is 474 g/mol. The lowest BCUT2D eigenvalue weighted by molar-refractivity contribution is -0.116. The number of fused-ring (bicyclic) bond motifs is 3. The largest absolute Gasteiger partial charge is 0.492 e. The first-order chi connectivity index (χ1) is 17.1. The summed E-state index contributed by atoms with van der Waals surface area (Å²) in [5, 5.41) is 5.50. The van der Waals surface area contributed by atoms with Crippen molar-refractivity contribution in [3.05, 3.63) is 83.9 Å². The smallest absolute Gasteiger partial charge is 0.255 e. The number of carbonyl (C=O) groups is 3. The number of ketones is 1. The van der Waals surface area contributed by atoms with E-state index in [1.165, 1.54) is 0 Å². The Bertz CT molecular complexity index is 1210. The number of carbonyl (C=O) groups excluding carboxylic acids is 3. The minimum atomic E-state index is -0.0527. The highest BCUT2D eigenvalue weighted by Crippen LogP contribution is 2.26. The summed E-state index contributed by atoms with van der Waals surface area (Å²) in [6.07, 6.45) is 0.936. The molecule has 3 aliphatic rings. The zero-order chi connectivity index (χ0) is 24.5. The molecule has 0 radical (unpaired) electrons. The molecule has 0 bridgehead atoms. The van der Waals surface area contributed by atoms with Crippen molar-refractivity contribution in [2.24, 2.45) is 0 Å². The van der Waals surface area contributed by atoms with E-state index in [1.807, 2.05) is 54.6 Å². The summed E-state index contributed by atoms with van der Waals surface area (Å²) in [6, 6.07) is 22.0. The van der Waals surface area contributed by atoms with E-state index >= 15 is 0 Å². The highest BCUT2D eigenvalue weighted by Gasteiger charge is 2.16. The van der Waals surface area contributed by atoms with Crippen LogP contribution in [0.1, 0.15) is 33.6 Å². The van der Waals surface area contributed by atoms with Gasteiger partial charge in [0.05, 0.1) is 43.0 Å². The molecular weight excluding hydrogens is 448 g/mol. The van der Waals surface area contributed by atoms with Crippen LogP contribution in [0.4, 0.5) is 5.69 Å². The molecule has 0 atom stereocenters. The molecule has 2 N–H and O–H groups in total. The Hall–Kier alpha value is -4.33. The van der Waals surface area contributed by atoms with Gasteiger partial charge >= 0.3 is 0 Å². The highest BCUT2D eigenvalue weighted by atomic mass is 16.5. The van der Waals surface area contributed by atoms with E-state index < -0.39 is 0 Å². The average molecular weight is 475 g/mol. The van der Waals surface area contributed by atoms with Crippen LogP contribution in [0, 0.1) is 0 Å². The third-order valence-corrected chi connectivity index (χ3v) is 5.30. The second-order valence-corrected chi connectivity index (χ2v) is 7.76. The molecule has 0 aliphatic carbocycles. The Kier molecular flexibility index (Phi) is 7.96. The number of Topliss-reactive ketones (excluding diaryl/α,β-unsaturated/α-hetero) is 1. The van der Waals surface area contributed by atoms with Crippen molar-refractivity contribution in [2.45, 2.75) is 12.8 Å². The van der Waals surface area contributed by atoms with Gasteiger partial charge in [-0.2, -0.15) is 0 Å². The van der Waals surface area contributed by atoms with Gasteiger partial charge in [-0.1, -0.05) is 36.4 Å². The first-order valence-corrected chi connectivity index (χ1v) is 11.4. The van der Waals surface area contributed by atoms with Crippen LogP contribution in [0.15, 0.2) is 72.8 Å². The molecule has 0 aromatic heterocycles. The minimum absolute atomic E-state index is 0.0138. The molecule has 3 aliphatic heterocycles. The van der Waals surface area contributed by atoms with Crippen molar-refractivity contribution in [2.75, 3.05) is 31.7 Å². The minimum Gasteiger partial charge on any atom is -0.492 e. The number of anilines is 1. The van der Waals surface area contributed by atoms with Gasteiger partial charge in [-0.05, 0) is 36.4 Å². The van der Waals surface area contributed by atoms with Crippen LogP contribution >= 0.6 is 0 Å². The van der Waals surface area contributed by atoms with E-state index in [0.717, 1.165) is 22.7 Å². The number of hydrogen-bond donors (Lipinski definition) is 2. The first kappa shape index (κ1) is 23.8. The Morgan fingerprint density at radius 3 is 1.94 bits per heavy atom. The van der Waals surface area contributed by atoms with Crippen LogP contribution in [0.3, 0.4) is 0 Å². The average Bonchev–Trinajstić information content (AvgIpc) is 3.20. The number of para-hydroxylation sites is 4. The molecule has 0 saturated heterocycles. The van der Waals surface area contributed by atoms with Crippen LogP contribution in [-0.4, -0.2) is 44.0 Å². The lowest BCUT2D eigenvalue weighted by Gasteiger charge is -2.14. The number of amides is 2. The van der Waals surface area contributed by atoms with Gasteiger partial charge in [-0.25, -0.2) is 0 Å². The van der Waals surface area contributed by atoms with Crippen molar-refractivity contribution in [1.29, 1.82) is 0 Å². The van der Waals surface area contributed by atoms with Crippen LogP contribution in [0.5, 0.6) is 17.2 Å². The second kappa shape index (κ2) is 11.7. The molecule has 3 heterocycles. The lowest BCUT2D eigenvalue weighted by Crippen LogP contribution is -2.24. The summed E-state index contributed by atoms with van der Waals surface area (Å²) in [4.78, 5) is 33.6. The second-order valence-electron chi connectivity index (χ2n) is 7.76.